The normalized spacial score (nSPS) is 18.9. The molecule has 0 saturated carbocycles. The minimum absolute atomic E-state index is 0.0240. The van der Waals surface area contributed by atoms with Crippen molar-refractivity contribution in [2.75, 3.05) is 19.7 Å². The van der Waals surface area contributed by atoms with Gasteiger partial charge in [-0.05, 0) is 30.9 Å². The van der Waals surface area contributed by atoms with Crippen LogP contribution in [0.25, 0.3) is 5.69 Å². The van der Waals surface area contributed by atoms with Gasteiger partial charge in [-0.25, -0.2) is 4.68 Å². The van der Waals surface area contributed by atoms with Crippen LogP contribution in [0.5, 0.6) is 0 Å². The van der Waals surface area contributed by atoms with Crippen molar-refractivity contribution in [1.82, 2.24) is 19.7 Å². The zero-order valence-electron chi connectivity index (χ0n) is 15.4. The summed E-state index contributed by atoms with van der Waals surface area (Å²) in [4.78, 5) is 18.9. The highest BCUT2D eigenvalue weighted by Crippen LogP contribution is 2.27. The van der Waals surface area contributed by atoms with Crippen LogP contribution < -0.4 is 0 Å². The molecule has 1 aliphatic rings. The van der Waals surface area contributed by atoms with Gasteiger partial charge in [-0.2, -0.15) is 5.10 Å². The molecule has 6 nitrogen and oxygen atoms in total. The third kappa shape index (κ3) is 3.74. The lowest BCUT2D eigenvalue weighted by Crippen LogP contribution is -2.34. The molecule has 0 radical (unpaired) electrons. The van der Waals surface area contributed by atoms with E-state index in [0.717, 1.165) is 17.8 Å². The maximum atomic E-state index is 13.0. The van der Waals surface area contributed by atoms with Gasteiger partial charge in [0.25, 0.3) is 5.91 Å². The summed E-state index contributed by atoms with van der Waals surface area (Å²) in [5.74, 6) is 0.0240. The first-order valence-corrected chi connectivity index (χ1v) is 8.74. The van der Waals surface area contributed by atoms with Crippen molar-refractivity contribution in [2.24, 2.45) is 5.41 Å². The molecule has 1 aliphatic heterocycles. The van der Waals surface area contributed by atoms with Gasteiger partial charge in [0.1, 0.15) is 0 Å². The molecule has 1 atom stereocenters. The van der Waals surface area contributed by atoms with Crippen LogP contribution in [0.15, 0.2) is 30.7 Å². The smallest absolute Gasteiger partial charge is 0.257 e. The summed E-state index contributed by atoms with van der Waals surface area (Å²) in [6.07, 6.45) is 6.12. The summed E-state index contributed by atoms with van der Waals surface area (Å²) in [7, 11) is 0. The predicted molar refractivity (Wildman–Crippen MR) is 95.8 cm³/mol. The minimum atomic E-state index is 0.0240. The van der Waals surface area contributed by atoms with E-state index in [-0.39, 0.29) is 17.4 Å². The first kappa shape index (κ1) is 17.6. The van der Waals surface area contributed by atoms with Crippen molar-refractivity contribution in [3.05, 3.63) is 42.0 Å². The molecule has 1 amide bonds. The minimum Gasteiger partial charge on any atom is -0.376 e. The second-order valence-corrected chi connectivity index (χ2v) is 7.57. The Morgan fingerprint density at radius 3 is 2.64 bits per heavy atom. The summed E-state index contributed by atoms with van der Waals surface area (Å²) in [6.45, 7) is 10.4. The molecule has 134 valence electrons. The Morgan fingerprint density at radius 2 is 1.96 bits per heavy atom. The van der Waals surface area contributed by atoms with Gasteiger partial charge in [0.2, 0.25) is 0 Å². The first-order chi connectivity index (χ1) is 11.9. The Bertz CT molecular complexity index is 734. The topological polar surface area (TPSA) is 60.3 Å². The van der Waals surface area contributed by atoms with Crippen LogP contribution in [0.4, 0.5) is 0 Å². The van der Waals surface area contributed by atoms with E-state index in [4.69, 9.17) is 4.74 Å². The molecule has 3 rings (SSSR count). The fourth-order valence-corrected chi connectivity index (χ4v) is 3.19. The maximum Gasteiger partial charge on any atom is 0.257 e. The lowest BCUT2D eigenvalue weighted by molar-refractivity contribution is -0.00973. The molecule has 1 saturated heterocycles. The van der Waals surface area contributed by atoms with Gasteiger partial charge in [-0.1, -0.05) is 20.8 Å². The van der Waals surface area contributed by atoms with Crippen molar-refractivity contribution in [3.8, 4) is 5.69 Å². The number of ether oxygens (including phenoxy) is 1. The highest BCUT2D eigenvalue weighted by Gasteiger charge is 2.30. The van der Waals surface area contributed by atoms with E-state index in [1.807, 2.05) is 24.0 Å². The number of carbonyl (C=O) groups excluding carboxylic acids is 1. The number of rotatable bonds is 2. The summed E-state index contributed by atoms with van der Waals surface area (Å²) in [6, 6.07) is 3.75. The zero-order chi connectivity index (χ0) is 18.0. The number of aromatic nitrogens is 3. The van der Waals surface area contributed by atoms with Crippen LogP contribution in [0, 0.1) is 12.3 Å². The summed E-state index contributed by atoms with van der Waals surface area (Å²) >= 11 is 0. The quantitative estimate of drug-likeness (QED) is 0.842. The van der Waals surface area contributed by atoms with E-state index in [9.17, 15) is 4.79 Å². The molecule has 2 aromatic heterocycles. The second-order valence-electron chi connectivity index (χ2n) is 7.57. The van der Waals surface area contributed by atoms with Crippen LogP contribution >= 0.6 is 0 Å². The lowest BCUT2D eigenvalue weighted by Gasteiger charge is -2.29. The van der Waals surface area contributed by atoms with Gasteiger partial charge in [-0.15, -0.1) is 0 Å². The number of hydrogen-bond donors (Lipinski definition) is 0. The van der Waals surface area contributed by atoms with Crippen molar-refractivity contribution in [3.63, 3.8) is 0 Å². The molecule has 0 aliphatic carbocycles. The third-order valence-corrected chi connectivity index (χ3v) is 4.74. The average molecular weight is 342 g/mol. The second kappa shape index (κ2) is 6.96. The highest BCUT2D eigenvalue weighted by atomic mass is 16.5. The van der Waals surface area contributed by atoms with E-state index in [1.54, 1.807) is 23.3 Å². The van der Waals surface area contributed by atoms with Gasteiger partial charge < -0.3 is 9.64 Å². The largest absolute Gasteiger partial charge is 0.376 e. The number of amides is 1. The van der Waals surface area contributed by atoms with Crippen molar-refractivity contribution in [1.29, 1.82) is 0 Å². The van der Waals surface area contributed by atoms with Gasteiger partial charge in [0, 0.05) is 25.5 Å². The van der Waals surface area contributed by atoms with E-state index in [1.165, 1.54) is 0 Å². The van der Waals surface area contributed by atoms with E-state index >= 15 is 0 Å². The monoisotopic (exact) mass is 342 g/mol. The van der Waals surface area contributed by atoms with Crippen LogP contribution in [-0.2, 0) is 4.74 Å². The maximum absolute atomic E-state index is 13.0. The first-order valence-electron chi connectivity index (χ1n) is 8.74. The molecule has 2 aromatic rings. The third-order valence-electron chi connectivity index (χ3n) is 4.74. The van der Waals surface area contributed by atoms with E-state index < -0.39 is 0 Å². The molecule has 0 N–H and O–H groups in total. The molecule has 1 fully saturated rings. The zero-order valence-corrected chi connectivity index (χ0v) is 15.4. The van der Waals surface area contributed by atoms with Gasteiger partial charge in [0.05, 0.1) is 35.9 Å². The van der Waals surface area contributed by atoms with Crippen molar-refractivity contribution < 1.29 is 9.53 Å². The summed E-state index contributed by atoms with van der Waals surface area (Å²) in [5, 5.41) is 4.39. The number of nitrogens with zero attached hydrogens (tertiary/aromatic N) is 4. The molecule has 0 aromatic carbocycles. The number of carbonyl (C=O) groups is 1. The molecular formula is C19H26N4O2. The Hall–Kier alpha value is -2.21. The van der Waals surface area contributed by atoms with Crippen molar-refractivity contribution in [2.45, 2.75) is 40.2 Å². The Morgan fingerprint density at radius 1 is 1.24 bits per heavy atom. The number of hydrogen-bond acceptors (Lipinski definition) is 4. The summed E-state index contributed by atoms with van der Waals surface area (Å²) < 4.78 is 7.75. The predicted octanol–water partition coefficient (Wildman–Crippen LogP) is 2.85. The van der Waals surface area contributed by atoms with E-state index in [0.29, 0.717) is 25.3 Å². The fraction of sp³-hybridized carbons (Fsp3) is 0.526. The van der Waals surface area contributed by atoms with E-state index in [2.05, 4.69) is 30.9 Å². The number of pyridine rings is 1. The van der Waals surface area contributed by atoms with Gasteiger partial charge >= 0.3 is 0 Å². The van der Waals surface area contributed by atoms with Crippen LogP contribution in [-0.4, -0.2) is 51.4 Å². The van der Waals surface area contributed by atoms with Gasteiger partial charge in [0.15, 0.2) is 0 Å². The van der Waals surface area contributed by atoms with Gasteiger partial charge in [-0.3, -0.25) is 9.78 Å². The van der Waals surface area contributed by atoms with Crippen molar-refractivity contribution >= 4 is 5.91 Å². The molecule has 0 bridgehead atoms. The lowest BCUT2D eigenvalue weighted by atomic mass is 9.87. The summed E-state index contributed by atoms with van der Waals surface area (Å²) in [5.41, 5.74) is 2.47. The Balaban J connectivity index is 1.77. The Labute approximate surface area is 148 Å². The molecule has 25 heavy (non-hydrogen) atoms. The molecule has 3 heterocycles. The SMILES string of the molecule is Cc1c(C(=O)N2CCOC(C(C)(C)C)CC2)cnn1-c1ccncc1. The van der Waals surface area contributed by atoms with Crippen LogP contribution in [0.3, 0.4) is 0 Å². The molecule has 1 unspecified atom stereocenters. The van der Waals surface area contributed by atoms with Crippen LogP contribution in [0.1, 0.15) is 43.2 Å². The van der Waals surface area contributed by atoms with Crippen LogP contribution in [0.2, 0.25) is 0 Å². The Kier molecular flexibility index (Phi) is 4.90. The average Bonchev–Trinajstić information content (AvgIpc) is 2.80. The molecule has 6 heteroatoms. The fourth-order valence-electron chi connectivity index (χ4n) is 3.19. The molecule has 0 spiro atoms. The highest BCUT2D eigenvalue weighted by molar-refractivity contribution is 5.95. The molecular weight excluding hydrogens is 316 g/mol. The standard InChI is InChI=1S/C19H26N4O2/c1-14-16(13-21-23(14)15-5-8-20-9-6-15)18(24)22-10-7-17(19(2,3)4)25-12-11-22/h5-6,8-9,13,17H,7,10-12H2,1-4H3.